The molecule has 0 aliphatic heterocycles. The van der Waals surface area contributed by atoms with E-state index < -0.39 is 0 Å². The molecule has 3 aromatic rings. The summed E-state index contributed by atoms with van der Waals surface area (Å²) < 4.78 is 2.12. The van der Waals surface area contributed by atoms with Crippen LogP contribution in [0.1, 0.15) is 43.6 Å². The second kappa shape index (κ2) is 8.35. The molecule has 1 aliphatic carbocycles. The Kier molecular flexibility index (Phi) is 5.67. The summed E-state index contributed by atoms with van der Waals surface area (Å²) in [5.74, 6) is 1.33. The molecule has 1 aromatic heterocycles. The Hall–Kier alpha value is -2.34. The van der Waals surface area contributed by atoms with E-state index >= 15 is 0 Å². The summed E-state index contributed by atoms with van der Waals surface area (Å²) in [6, 6.07) is 10.6. The van der Waals surface area contributed by atoms with Gasteiger partial charge in [-0.15, -0.1) is 10.2 Å². The average molecular weight is 395 g/mol. The number of rotatable bonds is 8. The summed E-state index contributed by atoms with van der Waals surface area (Å²) in [5.41, 5.74) is 3.66. The van der Waals surface area contributed by atoms with Crippen molar-refractivity contribution < 1.29 is 4.79 Å². The van der Waals surface area contributed by atoms with Crippen LogP contribution in [0.3, 0.4) is 0 Å². The molecule has 0 saturated carbocycles. The third-order valence-electron chi connectivity index (χ3n) is 5.35. The Morgan fingerprint density at radius 2 is 1.96 bits per heavy atom. The molecule has 146 valence electrons. The van der Waals surface area contributed by atoms with E-state index in [1.165, 1.54) is 28.3 Å². The molecule has 1 amide bonds. The number of aromatic nitrogens is 3. The van der Waals surface area contributed by atoms with Crippen LogP contribution in [0.5, 0.6) is 0 Å². The summed E-state index contributed by atoms with van der Waals surface area (Å²) in [6.07, 6.45) is 5.36. The van der Waals surface area contributed by atoms with Gasteiger partial charge in [-0.2, -0.15) is 0 Å². The Morgan fingerprint density at radius 1 is 1.14 bits per heavy atom. The minimum Gasteiger partial charge on any atom is -0.325 e. The average Bonchev–Trinajstić information content (AvgIpc) is 3.31. The summed E-state index contributed by atoms with van der Waals surface area (Å²) in [4.78, 5) is 12.6. The lowest BCUT2D eigenvalue weighted by molar-refractivity contribution is -0.113. The summed E-state index contributed by atoms with van der Waals surface area (Å²) >= 11 is 1.45. The Balaban J connectivity index is 1.45. The second-order valence-corrected chi connectivity index (χ2v) is 8.14. The van der Waals surface area contributed by atoms with Crippen molar-refractivity contribution >= 4 is 34.1 Å². The van der Waals surface area contributed by atoms with Gasteiger partial charge in [-0.3, -0.25) is 4.79 Å². The van der Waals surface area contributed by atoms with E-state index in [4.69, 9.17) is 0 Å². The molecule has 1 N–H and O–H groups in total. The number of aryl methyl sites for hydroxylation is 3. The van der Waals surface area contributed by atoms with Crippen LogP contribution in [-0.2, 0) is 30.6 Å². The molecule has 0 bridgehead atoms. The fourth-order valence-electron chi connectivity index (χ4n) is 3.94. The molecule has 1 aliphatic rings. The highest BCUT2D eigenvalue weighted by Crippen LogP contribution is 2.35. The zero-order valence-corrected chi connectivity index (χ0v) is 17.3. The first-order chi connectivity index (χ1) is 13.7. The molecule has 1 heterocycles. The van der Waals surface area contributed by atoms with Crippen molar-refractivity contribution in [2.75, 3.05) is 11.1 Å². The Labute approximate surface area is 169 Å². The van der Waals surface area contributed by atoms with Crippen LogP contribution in [0.2, 0.25) is 0 Å². The lowest BCUT2D eigenvalue weighted by atomic mass is 10.0. The van der Waals surface area contributed by atoms with Crippen LogP contribution in [0, 0.1) is 0 Å². The van der Waals surface area contributed by atoms with Gasteiger partial charge in [-0.1, -0.05) is 49.4 Å². The number of benzene rings is 2. The van der Waals surface area contributed by atoms with Crippen molar-refractivity contribution in [3.8, 4) is 0 Å². The normalized spacial score (nSPS) is 12.6. The highest BCUT2D eigenvalue weighted by molar-refractivity contribution is 7.99. The van der Waals surface area contributed by atoms with Crippen LogP contribution in [0.25, 0.3) is 10.8 Å². The molecule has 2 aromatic carbocycles. The minimum atomic E-state index is -0.00976. The first-order valence-electron chi connectivity index (χ1n) is 10.1. The number of thioether (sulfide) groups is 1. The maximum absolute atomic E-state index is 12.6. The molecule has 0 radical (unpaired) electrons. The van der Waals surface area contributed by atoms with Crippen LogP contribution >= 0.6 is 11.8 Å². The highest BCUT2D eigenvalue weighted by atomic mass is 32.2. The van der Waals surface area contributed by atoms with Crippen molar-refractivity contribution in [2.24, 2.45) is 0 Å². The van der Waals surface area contributed by atoms with Gasteiger partial charge in [0.2, 0.25) is 5.91 Å². The van der Waals surface area contributed by atoms with Crippen LogP contribution in [0.15, 0.2) is 35.5 Å². The second-order valence-electron chi connectivity index (χ2n) is 7.20. The van der Waals surface area contributed by atoms with E-state index in [0.29, 0.717) is 5.75 Å². The van der Waals surface area contributed by atoms with Crippen molar-refractivity contribution in [1.29, 1.82) is 0 Å². The van der Waals surface area contributed by atoms with Crippen LogP contribution < -0.4 is 5.32 Å². The predicted octanol–water partition coefficient (Wildman–Crippen LogP) is 4.62. The molecule has 0 fully saturated rings. The molecule has 0 atom stereocenters. The maximum atomic E-state index is 12.6. The lowest BCUT2D eigenvalue weighted by Crippen LogP contribution is -2.15. The van der Waals surface area contributed by atoms with Gasteiger partial charge in [-0.25, -0.2) is 0 Å². The van der Waals surface area contributed by atoms with Crippen molar-refractivity contribution in [1.82, 2.24) is 14.8 Å². The molecule has 4 rings (SSSR count). The number of anilines is 1. The van der Waals surface area contributed by atoms with Gasteiger partial charge in [0.1, 0.15) is 5.82 Å². The fourth-order valence-corrected chi connectivity index (χ4v) is 4.76. The van der Waals surface area contributed by atoms with E-state index in [0.717, 1.165) is 60.7 Å². The van der Waals surface area contributed by atoms with E-state index in [9.17, 15) is 4.79 Å². The standard InChI is InChI=1S/C22H26N4OS/c1-3-5-9-19-24-25-22(26(19)4-2)28-14-20(27)23-18-13-12-16-11-10-15-7-6-8-17(18)21(15)16/h6-8,12-13H,3-5,9-11,14H2,1-2H3,(H,23,27). The van der Waals surface area contributed by atoms with Gasteiger partial charge in [0.05, 0.1) is 5.75 Å². The smallest absolute Gasteiger partial charge is 0.234 e. The summed E-state index contributed by atoms with van der Waals surface area (Å²) in [7, 11) is 0. The Morgan fingerprint density at radius 3 is 2.75 bits per heavy atom. The quantitative estimate of drug-likeness (QED) is 0.566. The third-order valence-corrected chi connectivity index (χ3v) is 6.31. The summed E-state index contributed by atoms with van der Waals surface area (Å²) in [6.45, 7) is 5.09. The minimum absolute atomic E-state index is 0.00976. The largest absolute Gasteiger partial charge is 0.325 e. The summed E-state index contributed by atoms with van der Waals surface area (Å²) in [5, 5.41) is 15.0. The van der Waals surface area contributed by atoms with Gasteiger partial charge in [0.15, 0.2) is 5.16 Å². The number of carbonyl (C=O) groups is 1. The predicted molar refractivity (Wildman–Crippen MR) is 115 cm³/mol. The van der Waals surface area contributed by atoms with Gasteiger partial charge < -0.3 is 9.88 Å². The van der Waals surface area contributed by atoms with Crippen molar-refractivity contribution in [3.63, 3.8) is 0 Å². The molecule has 0 spiro atoms. The van der Waals surface area contributed by atoms with E-state index in [-0.39, 0.29) is 5.91 Å². The molecular formula is C22H26N4OS. The SMILES string of the molecule is CCCCc1nnc(SCC(=O)Nc2ccc3c4c(cccc24)CC3)n1CC. The molecule has 5 nitrogen and oxygen atoms in total. The van der Waals surface area contributed by atoms with E-state index in [1.54, 1.807) is 0 Å². The number of unbranched alkanes of at least 4 members (excludes halogenated alkanes) is 1. The lowest BCUT2D eigenvalue weighted by Gasteiger charge is -2.11. The van der Waals surface area contributed by atoms with E-state index in [2.05, 4.69) is 58.2 Å². The number of nitrogens with zero attached hydrogens (tertiary/aromatic N) is 3. The zero-order chi connectivity index (χ0) is 19.5. The van der Waals surface area contributed by atoms with Gasteiger partial charge in [0, 0.05) is 24.0 Å². The molecule has 0 saturated heterocycles. The van der Waals surface area contributed by atoms with Crippen LogP contribution in [0.4, 0.5) is 5.69 Å². The third kappa shape index (κ3) is 3.65. The zero-order valence-electron chi connectivity index (χ0n) is 16.5. The van der Waals surface area contributed by atoms with Crippen molar-refractivity contribution in [3.05, 3.63) is 47.3 Å². The molecule has 6 heteroatoms. The van der Waals surface area contributed by atoms with Gasteiger partial charge >= 0.3 is 0 Å². The number of carbonyl (C=O) groups excluding carboxylic acids is 1. The highest BCUT2D eigenvalue weighted by Gasteiger charge is 2.17. The van der Waals surface area contributed by atoms with Crippen LogP contribution in [-0.4, -0.2) is 26.4 Å². The molecule has 28 heavy (non-hydrogen) atoms. The van der Waals surface area contributed by atoms with Crippen molar-refractivity contribution in [2.45, 2.75) is 57.7 Å². The fraction of sp³-hybridized carbons (Fsp3) is 0.409. The molecular weight excluding hydrogens is 368 g/mol. The van der Waals surface area contributed by atoms with Gasteiger partial charge in [0.25, 0.3) is 0 Å². The number of amides is 1. The maximum Gasteiger partial charge on any atom is 0.234 e. The first kappa shape index (κ1) is 19.0. The topological polar surface area (TPSA) is 59.8 Å². The molecule has 0 unspecified atom stereocenters. The van der Waals surface area contributed by atoms with E-state index in [1.807, 2.05) is 6.07 Å². The van der Waals surface area contributed by atoms with Gasteiger partial charge in [-0.05, 0) is 48.8 Å². The number of nitrogens with one attached hydrogen (secondary N) is 1. The Bertz CT molecular complexity index is 1000. The monoisotopic (exact) mass is 394 g/mol. The first-order valence-corrected chi connectivity index (χ1v) is 11.1. The number of hydrogen-bond donors (Lipinski definition) is 1. The number of hydrogen-bond acceptors (Lipinski definition) is 4.